The highest BCUT2D eigenvalue weighted by molar-refractivity contribution is 6.33. The second-order valence-electron chi connectivity index (χ2n) is 8.14. The van der Waals surface area contributed by atoms with Crippen LogP contribution in [0.4, 0.5) is 14.9 Å². The molecule has 2 aliphatic rings. The van der Waals surface area contributed by atoms with Crippen LogP contribution < -0.4 is 4.90 Å². The lowest BCUT2D eigenvalue weighted by molar-refractivity contribution is 0.151. The molecule has 2 aromatic carbocycles. The number of benzene rings is 2. The molecule has 8 heteroatoms. The second kappa shape index (κ2) is 8.13. The number of amides is 2. The molecular weight excluding hydrogens is 419 g/mol. The van der Waals surface area contributed by atoms with E-state index >= 15 is 0 Å². The predicted octanol–water partition coefficient (Wildman–Crippen LogP) is 5.09. The molecule has 1 aromatic heterocycles. The molecule has 1 unspecified atom stereocenters. The van der Waals surface area contributed by atoms with Crippen molar-refractivity contribution in [3.05, 3.63) is 59.0 Å². The Hall–Kier alpha value is -2.64. The summed E-state index contributed by atoms with van der Waals surface area (Å²) in [6.45, 7) is 4.97. The van der Waals surface area contributed by atoms with Gasteiger partial charge in [-0.3, -0.25) is 9.80 Å². The van der Waals surface area contributed by atoms with Crippen LogP contribution in [0.1, 0.15) is 31.4 Å². The van der Waals surface area contributed by atoms with Gasteiger partial charge in [-0.1, -0.05) is 28.9 Å². The Kier molecular flexibility index (Phi) is 5.32. The lowest BCUT2D eigenvalue weighted by Gasteiger charge is -2.38. The van der Waals surface area contributed by atoms with E-state index in [1.807, 2.05) is 41.0 Å². The number of anilines is 1. The standard InChI is InChI=1S/C23H24ClFN4O2/c1-2-27-14-21(29(23(27)30)19-6-4-3-5-18(19)24)28-11-9-15(10-12-28)22-17-8-7-16(25)13-20(17)31-26-22/h3-8,13,15,21H,2,9-12,14H2,1H3. The molecule has 5 rings (SSSR count). The van der Waals surface area contributed by atoms with Crippen LogP contribution in [-0.2, 0) is 0 Å². The second-order valence-corrected chi connectivity index (χ2v) is 8.55. The Morgan fingerprint density at radius 3 is 2.71 bits per heavy atom. The van der Waals surface area contributed by atoms with Gasteiger partial charge < -0.3 is 9.42 Å². The van der Waals surface area contributed by atoms with Crippen molar-refractivity contribution >= 4 is 34.3 Å². The van der Waals surface area contributed by atoms with Crippen molar-refractivity contribution < 1.29 is 13.7 Å². The molecule has 1 atom stereocenters. The van der Waals surface area contributed by atoms with Crippen molar-refractivity contribution in [2.45, 2.75) is 31.8 Å². The van der Waals surface area contributed by atoms with Crippen molar-refractivity contribution in [3.63, 3.8) is 0 Å². The summed E-state index contributed by atoms with van der Waals surface area (Å²) >= 11 is 6.45. The van der Waals surface area contributed by atoms with Crippen molar-refractivity contribution in [2.75, 3.05) is 31.1 Å². The molecule has 3 aromatic rings. The number of carbonyl (C=O) groups is 1. The topological polar surface area (TPSA) is 52.8 Å². The highest BCUT2D eigenvalue weighted by Gasteiger charge is 2.42. The zero-order valence-electron chi connectivity index (χ0n) is 17.3. The Morgan fingerprint density at radius 1 is 1.19 bits per heavy atom. The van der Waals surface area contributed by atoms with Gasteiger partial charge in [0.2, 0.25) is 0 Å². The van der Waals surface area contributed by atoms with Gasteiger partial charge in [-0.25, -0.2) is 9.18 Å². The van der Waals surface area contributed by atoms with E-state index in [-0.39, 0.29) is 23.9 Å². The van der Waals surface area contributed by atoms with Gasteiger partial charge in [0, 0.05) is 37.0 Å². The molecule has 6 nitrogen and oxygen atoms in total. The number of urea groups is 1. The molecule has 0 spiro atoms. The number of likely N-dealkylation sites (N-methyl/N-ethyl adjacent to an activating group) is 1. The first-order valence-electron chi connectivity index (χ1n) is 10.7. The first kappa shape index (κ1) is 20.3. The molecule has 0 aliphatic carbocycles. The summed E-state index contributed by atoms with van der Waals surface area (Å²) in [6, 6.07) is 12.1. The van der Waals surface area contributed by atoms with Crippen LogP contribution in [0.5, 0.6) is 0 Å². The lowest BCUT2D eigenvalue weighted by Crippen LogP contribution is -2.50. The highest BCUT2D eigenvalue weighted by atomic mass is 35.5. The van der Waals surface area contributed by atoms with Gasteiger partial charge in [-0.2, -0.15) is 0 Å². The van der Waals surface area contributed by atoms with Crippen LogP contribution in [0.25, 0.3) is 11.0 Å². The Labute approximate surface area is 185 Å². The fourth-order valence-electron chi connectivity index (χ4n) is 4.79. The quantitative estimate of drug-likeness (QED) is 0.565. The first-order valence-corrected chi connectivity index (χ1v) is 11.1. The van der Waals surface area contributed by atoms with Crippen LogP contribution in [0.15, 0.2) is 47.0 Å². The highest BCUT2D eigenvalue weighted by Crippen LogP contribution is 2.37. The molecule has 0 radical (unpaired) electrons. The maximum atomic E-state index is 13.5. The largest absolute Gasteiger partial charge is 0.356 e. The van der Waals surface area contributed by atoms with E-state index in [1.54, 1.807) is 6.07 Å². The number of carbonyl (C=O) groups excluding carboxylic acids is 1. The van der Waals surface area contributed by atoms with Crippen LogP contribution in [0.2, 0.25) is 5.02 Å². The molecular formula is C23H24ClFN4O2. The number of piperidine rings is 1. The number of fused-ring (bicyclic) bond motifs is 1. The predicted molar refractivity (Wildman–Crippen MR) is 118 cm³/mol. The molecule has 3 heterocycles. The summed E-state index contributed by atoms with van der Waals surface area (Å²) < 4.78 is 18.8. The Bertz CT molecular complexity index is 1110. The summed E-state index contributed by atoms with van der Waals surface area (Å²) in [5, 5.41) is 5.70. The van der Waals surface area contributed by atoms with Gasteiger partial charge >= 0.3 is 6.03 Å². The van der Waals surface area contributed by atoms with Crippen molar-refractivity contribution in [2.24, 2.45) is 0 Å². The summed E-state index contributed by atoms with van der Waals surface area (Å²) in [5.41, 5.74) is 2.14. The summed E-state index contributed by atoms with van der Waals surface area (Å²) in [7, 11) is 0. The van der Waals surface area contributed by atoms with Crippen molar-refractivity contribution in [1.29, 1.82) is 0 Å². The molecule has 31 heavy (non-hydrogen) atoms. The number of likely N-dealkylation sites (tertiary alicyclic amines) is 1. The average molecular weight is 443 g/mol. The van der Waals surface area contributed by atoms with E-state index in [9.17, 15) is 9.18 Å². The van der Waals surface area contributed by atoms with Gasteiger partial charge in [0.25, 0.3) is 0 Å². The summed E-state index contributed by atoms with van der Waals surface area (Å²) in [4.78, 5) is 19.1. The number of halogens is 2. The van der Waals surface area contributed by atoms with Gasteiger partial charge in [-0.05, 0) is 44.0 Å². The fraction of sp³-hybridized carbons (Fsp3) is 0.391. The van der Waals surface area contributed by atoms with E-state index in [0.29, 0.717) is 23.7 Å². The zero-order valence-corrected chi connectivity index (χ0v) is 18.1. The van der Waals surface area contributed by atoms with Gasteiger partial charge in [0.05, 0.1) is 22.9 Å². The zero-order chi connectivity index (χ0) is 21.5. The van der Waals surface area contributed by atoms with E-state index < -0.39 is 0 Å². The number of hydrogen-bond acceptors (Lipinski definition) is 4. The third-order valence-electron chi connectivity index (χ3n) is 6.45. The minimum Gasteiger partial charge on any atom is -0.356 e. The van der Waals surface area contributed by atoms with Crippen LogP contribution >= 0.6 is 11.6 Å². The monoisotopic (exact) mass is 442 g/mol. The number of aromatic nitrogens is 1. The third kappa shape index (κ3) is 3.55. The third-order valence-corrected chi connectivity index (χ3v) is 6.77. The van der Waals surface area contributed by atoms with E-state index in [4.69, 9.17) is 16.1 Å². The SMILES string of the molecule is CCN1CC(N2CCC(c3noc4cc(F)ccc34)CC2)N(c2ccccc2Cl)C1=O. The number of rotatable bonds is 4. The van der Waals surface area contributed by atoms with Gasteiger partial charge in [-0.15, -0.1) is 0 Å². The fourth-order valence-corrected chi connectivity index (χ4v) is 5.01. The summed E-state index contributed by atoms with van der Waals surface area (Å²) in [5.74, 6) is -0.0767. The minimum atomic E-state index is -0.323. The van der Waals surface area contributed by atoms with Crippen molar-refractivity contribution in [1.82, 2.24) is 15.0 Å². The molecule has 2 saturated heterocycles. The number of para-hydroxylation sites is 1. The van der Waals surface area contributed by atoms with Crippen molar-refractivity contribution in [3.8, 4) is 0 Å². The molecule has 2 amide bonds. The minimum absolute atomic E-state index is 0.00718. The molecule has 162 valence electrons. The lowest BCUT2D eigenvalue weighted by atomic mass is 9.91. The summed E-state index contributed by atoms with van der Waals surface area (Å²) in [6.07, 6.45) is 1.73. The van der Waals surface area contributed by atoms with Crippen LogP contribution in [0.3, 0.4) is 0 Å². The average Bonchev–Trinajstić information content (AvgIpc) is 3.34. The van der Waals surface area contributed by atoms with Gasteiger partial charge in [0.15, 0.2) is 5.58 Å². The number of nitrogens with zero attached hydrogens (tertiary/aromatic N) is 4. The van der Waals surface area contributed by atoms with Crippen LogP contribution in [-0.4, -0.2) is 53.3 Å². The smallest absolute Gasteiger partial charge is 0.326 e. The Morgan fingerprint density at radius 2 is 1.97 bits per heavy atom. The van der Waals surface area contributed by atoms with E-state index in [2.05, 4.69) is 10.1 Å². The number of hydrogen-bond donors (Lipinski definition) is 0. The molecule has 0 N–H and O–H groups in total. The molecule has 2 aliphatic heterocycles. The maximum absolute atomic E-state index is 13.5. The van der Waals surface area contributed by atoms with Gasteiger partial charge in [0.1, 0.15) is 12.0 Å². The van der Waals surface area contributed by atoms with E-state index in [0.717, 1.165) is 42.7 Å². The molecule has 0 saturated carbocycles. The Balaban J connectivity index is 1.36. The molecule has 2 fully saturated rings. The maximum Gasteiger partial charge on any atom is 0.326 e. The van der Waals surface area contributed by atoms with Crippen LogP contribution in [0, 0.1) is 5.82 Å². The first-order chi connectivity index (χ1) is 15.1. The molecule has 0 bridgehead atoms. The normalized spacial score (nSPS) is 20.9. The van der Waals surface area contributed by atoms with E-state index in [1.165, 1.54) is 12.1 Å².